The molecule has 0 aliphatic carbocycles. The zero-order valence-corrected chi connectivity index (χ0v) is 16.1. The molecule has 0 spiro atoms. The van der Waals surface area contributed by atoms with Crippen molar-refractivity contribution in [1.82, 2.24) is 15.3 Å². The SMILES string of the molecule is OC(c1cc(-c2nccs2)c2oc(N3CC4CCC(C3)NC4)nc2c1)C(F)(F)F. The molecule has 3 fully saturated rings. The molecule has 2 aromatic heterocycles. The molecule has 3 aliphatic rings. The van der Waals surface area contributed by atoms with Crippen molar-refractivity contribution < 1.29 is 22.7 Å². The first-order chi connectivity index (χ1) is 13.9. The number of hydrogen-bond acceptors (Lipinski definition) is 7. The Morgan fingerprint density at radius 3 is 2.83 bits per heavy atom. The summed E-state index contributed by atoms with van der Waals surface area (Å²) in [6.45, 7) is 2.49. The van der Waals surface area contributed by atoms with Gasteiger partial charge in [-0.25, -0.2) is 4.98 Å². The van der Waals surface area contributed by atoms with Crippen molar-refractivity contribution in [3.63, 3.8) is 0 Å². The number of anilines is 1. The molecule has 3 unspecified atom stereocenters. The Hall–Kier alpha value is -2.17. The first-order valence-corrected chi connectivity index (χ1v) is 10.3. The van der Waals surface area contributed by atoms with Gasteiger partial charge in [-0.1, -0.05) is 0 Å². The first-order valence-electron chi connectivity index (χ1n) is 9.46. The molecular weight excluding hydrogens is 405 g/mol. The van der Waals surface area contributed by atoms with Crippen LogP contribution in [-0.4, -0.2) is 46.9 Å². The van der Waals surface area contributed by atoms with Crippen LogP contribution in [0.3, 0.4) is 0 Å². The fourth-order valence-corrected chi connectivity index (χ4v) is 4.79. The minimum Gasteiger partial charge on any atom is -0.423 e. The highest BCUT2D eigenvalue weighted by Crippen LogP contribution is 2.40. The van der Waals surface area contributed by atoms with Crippen LogP contribution in [0.25, 0.3) is 21.7 Å². The van der Waals surface area contributed by atoms with E-state index in [0.717, 1.165) is 32.5 Å². The number of nitrogens with zero attached hydrogens (tertiary/aromatic N) is 3. The van der Waals surface area contributed by atoms with Gasteiger partial charge in [-0.05, 0) is 43.0 Å². The van der Waals surface area contributed by atoms with Gasteiger partial charge in [0.1, 0.15) is 10.5 Å². The summed E-state index contributed by atoms with van der Waals surface area (Å²) in [6, 6.07) is 3.30. The lowest BCUT2D eigenvalue weighted by Gasteiger charge is -2.22. The van der Waals surface area contributed by atoms with Crippen LogP contribution in [0.2, 0.25) is 0 Å². The average Bonchev–Trinajstić information content (AvgIpc) is 3.28. The number of aromatic nitrogens is 2. The number of fused-ring (bicyclic) bond motifs is 5. The van der Waals surface area contributed by atoms with Crippen LogP contribution in [0.15, 0.2) is 28.1 Å². The molecule has 0 saturated carbocycles. The summed E-state index contributed by atoms with van der Waals surface area (Å²) in [4.78, 5) is 10.8. The highest BCUT2D eigenvalue weighted by Gasteiger charge is 2.40. The molecule has 1 aromatic carbocycles. The Balaban J connectivity index is 1.61. The van der Waals surface area contributed by atoms with Crippen LogP contribution in [-0.2, 0) is 0 Å². The maximum absolute atomic E-state index is 13.1. The van der Waals surface area contributed by atoms with Gasteiger partial charge >= 0.3 is 6.18 Å². The molecule has 154 valence electrons. The monoisotopic (exact) mass is 424 g/mol. The van der Waals surface area contributed by atoms with Gasteiger partial charge in [0.2, 0.25) is 0 Å². The van der Waals surface area contributed by atoms with Crippen LogP contribution >= 0.6 is 11.3 Å². The number of aliphatic hydroxyl groups excluding tert-OH is 1. The second-order valence-corrected chi connectivity index (χ2v) is 8.54. The van der Waals surface area contributed by atoms with Gasteiger partial charge in [0.25, 0.3) is 6.01 Å². The maximum Gasteiger partial charge on any atom is 0.418 e. The van der Waals surface area contributed by atoms with Crippen LogP contribution < -0.4 is 10.2 Å². The fraction of sp³-hybridized carbons (Fsp3) is 0.474. The molecule has 3 aliphatic heterocycles. The molecular formula is C19H19F3N4O2S. The molecule has 10 heteroatoms. The summed E-state index contributed by atoms with van der Waals surface area (Å²) in [7, 11) is 0. The van der Waals surface area contributed by atoms with Crippen LogP contribution in [0.4, 0.5) is 19.2 Å². The summed E-state index contributed by atoms with van der Waals surface area (Å²) in [5, 5.41) is 15.6. The Bertz CT molecular complexity index is 999. The number of nitrogens with one attached hydrogen (secondary N) is 1. The van der Waals surface area contributed by atoms with E-state index in [1.165, 1.54) is 23.5 Å². The lowest BCUT2D eigenvalue weighted by Crippen LogP contribution is -2.39. The Labute approximate surface area is 168 Å². The van der Waals surface area contributed by atoms with Crippen LogP contribution in [0, 0.1) is 5.92 Å². The molecule has 3 saturated heterocycles. The molecule has 2 bridgehead atoms. The smallest absolute Gasteiger partial charge is 0.418 e. The molecule has 6 rings (SSSR count). The quantitative estimate of drug-likeness (QED) is 0.667. The van der Waals surface area contributed by atoms with Gasteiger partial charge in [-0.2, -0.15) is 18.2 Å². The minimum atomic E-state index is -4.77. The zero-order valence-electron chi connectivity index (χ0n) is 15.3. The van der Waals surface area contributed by atoms with Crippen molar-refractivity contribution in [3.8, 4) is 10.6 Å². The van der Waals surface area contributed by atoms with E-state index < -0.39 is 12.3 Å². The van der Waals surface area contributed by atoms with E-state index in [-0.39, 0.29) is 11.1 Å². The van der Waals surface area contributed by atoms with E-state index in [0.29, 0.717) is 34.1 Å². The summed E-state index contributed by atoms with van der Waals surface area (Å²) >= 11 is 1.29. The predicted octanol–water partition coefficient (Wildman–Crippen LogP) is 3.74. The molecule has 2 N–H and O–H groups in total. The van der Waals surface area contributed by atoms with Gasteiger partial charge in [0.05, 0.1) is 5.56 Å². The third-order valence-electron chi connectivity index (χ3n) is 5.60. The largest absolute Gasteiger partial charge is 0.423 e. The normalized spacial score (nSPS) is 23.5. The summed E-state index contributed by atoms with van der Waals surface area (Å²) in [5.41, 5.74) is 0.811. The summed E-state index contributed by atoms with van der Waals surface area (Å²) in [6.07, 6.45) is -3.55. The molecule has 3 atom stereocenters. The predicted molar refractivity (Wildman–Crippen MR) is 103 cm³/mol. The highest BCUT2D eigenvalue weighted by molar-refractivity contribution is 7.13. The standard InChI is InChI=1S/C19H19F3N4O2S/c20-19(21,22)16(27)11-5-13(17-23-3-4-29-17)15-14(6-11)25-18(28-15)26-8-10-1-2-12(9-26)24-7-10/h3-6,10,12,16,24,27H,1-2,7-9H2. The van der Waals surface area contributed by atoms with Crippen molar-refractivity contribution in [2.24, 2.45) is 5.92 Å². The van der Waals surface area contributed by atoms with E-state index in [9.17, 15) is 18.3 Å². The number of alkyl halides is 3. The highest BCUT2D eigenvalue weighted by atomic mass is 32.1. The van der Waals surface area contributed by atoms with E-state index in [1.807, 2.05) is 0 Å². The minimum absolute atomic E-state index is 0.271. The number of oxazole rings is 1. The summed E-state index contributed by atoms with van der Waals surface area (Å²) < 4.78 is 45.4. The van der Waals surface area contributed by atoms with E-state index in [4.69, 9.17) is 4.42 Å². The Morgan fingerprint density at radius 1 is 1.28 bits per heavy atom. The first kappa shape index (κ1) is 18.8. The topological polar surface area (TPSA) is 74.4 Å². The second-order valence-electron chi connectivity index (χ2n) is 7.65. The van der Waals surface area contributed by atoms with Crippen molar-refractivity contribution in [2.75, 3.05) is 24.5 Å². The van der Waals surface area contributed by atoms with Crippen molar-refractivity contribution in [1.29, 1.82) is 0 Å². The number of hydrogen-bond donors (Lipinski definition) is 2. The lowest BCUT2D eigenvalue weighted by atomic mass is 9.97. The zero-order chi connectivity index (χ0) is 20.2. The second kappa shape index (κ2) is 6.96. The molecule has 29 heavy (non-hydrogen) atoms. The molecule has 0 amide bonds. The molecule has 5 heterocycles. The molecule has 6 nitrogen and oxygen atoms in total. The fourth-order valence-electron chi connectivity index (χ4n) is 4.13. The Kier molecular flexibility index (Phi) is 4.52. The van der Waals surface area contributed by atoms with Crippen LogP contribution in [0.5, 0.6) is 0 Å². The number of aliphatic hydroxyl groups is 1. The summed E-state index contributed by atoms with van der Waals surface area (Å²) in [5.74, 6) is 0.491. The number of benzene rings is 1. The molecule has 3 aromatic rings. The lowest BCUT2D eigenvalue weighted by molar-refractivity contribution is -0.206. The van der Waals surface area contributed by atoms with Crippen molar-refractivity contribution in [3.05, 3.63) is 29.3 Å². The number of rotatable bonds is 3. The number of halogens is 3. The van der Waals surface area contributed by atoms with Gasteiger partial charge in [0, 0.05) is 30.7 Å². The number of thiazole rings is 1. The maximum atomic E-state index is 13.1. The van der Waals surface area contributed by atoms with Crippen molar-refractivity contribution in [2.45, 2.75) is 31.2 Å². The van der Waals surface area contributed by atoms with Gasteiger partial charge in [0.15, 0.2) is 11.7 Å². The van der Waals surface area contributed by atoms with Crippen molar-refractivity contribution >= 4 is 28.5 Å². The van der Waals surface area contributed by atoms with Gasteiger partial charge in [-0.3, -0.25) is 0 Å². The number of piperidine rings is 1. The Morgan fingerprint density at radius 2 is 2.14 bits per heavy atom. The average molecular weight is 424 g/mol. The van der Waals surface area contributed by atoms with Crippen LogP contribution in [0.1, 0.15) is 24.5 Å². The van der Waals surface area contributed by atoms with Gasteiger partial charge < -0.3 is 19.7 Å². The van der Waals surface area contributed by atoms with E-state index in [2.05, 4.69) is 20.2 Å². The molecule has 0 radical (unpaired) electrons. The van der Waals surface area contributed by atoms with E-state index in [1.54, 1.807) is 11.6 Å². The van der Waals surface area contributed by atoms with E-state index >= 15 is 0 Å². The van der Waals surface area contributed by atoms with Gasteiger partial charge in [-0.15, -0.1) is 11.3 Å². The third-order valence-corrected chi connectivity index (χ3v) is 6.40. The third kappa shape index (κ3) is 3.49.